The van der Waals surface area contributed by atoms with Crippen LogP contribution in [-0.4, -0.2) is 35.4 Å². The number of hydrogen-bond donors (Lipinski definition) is 1. The molecular formula is C24H24ClN3O2S. The zero-order chi connectivity index (χ0) is 21.3. The minimum atomic E-state index is -0.229. The van der Waals surface area contributed by atoms with Gasteiger partial charge in [0, 0.05) is 29.7 Å². The number of halogens is 1. The van der Waals surface area contributed by atoms with Gasteiger partial charge in [0.1, 0.15) is 5.01 Å². The van der Waals surface area contributed by atoms with Gasteiger partial charge < -0.3 is 9.64 Å². The molecule has 0 radical (unpaired) electrons. The van der Waals surface area contributed by atoms with Crippen LogP contribution in [0.3, 0.4) is 0 Å². The number of amides is 1. The molecule has 2 aliphatic heterocycles. The molecule has 1 fully saturated rings. The molecule has 7 heteroatoms. The number of nitrogens with zero attached hydrogens (tertiary/aromatic N) is 2. The zero-order valence-corrected chi connectivity index (χ0v) is 18.7. The lowest BCUT2D eigenvalue weighted by Crippen LogP contribution is -2.48. The van der Waals surface area contributed by atoms with Crippen molar-refractivity contribution in [3.8, 4) is 0 Å². The molecule has 3 heterocycles. The smallest absolute Gasteiger partial charge is 0.236 e. The zero-order valence-electron chi connectivity index (χ0n) is 17.1. The Hall–Kier alpha value is -2.25. The number of carbonyl (C=O) groups is 1. The van der Waals surface area contributed by atoms with Crippen LogP contribution < -0.4 is 5.32 Å². The lowest BCUT2D eigenvalue weighted by Gasteiger charge is -2.39. The molecule has 1 saturated heterocycles. The van der Waals surface area contributed by atoms with Crippen LogP contribution in [0.25, 0.3) is 0 Å². The van der Waals surface area contributed by atoms with Crippen molar-refractivity contribution in [3.05, 3.63) is 86.8 Å². The van der Waals surface area contributed by atoms with Gasteiger partial charge in [0.25, 0.3) is 0 Å². The number of rotatable bonds is 5. The fraction of sp³-hybridized carbons (Fsp3) is 0.333. The summed E-state index contributed by atoms with van der Waals surface area (Å²) in [6.07, 6.45) is 3.46. The van der Waals surface area contributed by atoms with Gasteiger partial charge in [0.2, 0.25) is 5.91 Å². The molecule has 0 aliphatic carbocycles. The van der Waals surface area contributed by atoms with Crippen molar-refractivity contribution in [2.45, 2.75) is 31.1 Å². The number of fused-ring (bicyclic) bond motifs is 2. The van der Waals surface area contributed by atoms with Gasteiger partial charge in [-0.05, 0) is 41.7 Å². The van der Waals surface area contributed by atoms with E-state index in [9.17, 15) is 4.79 Å². The first-order valence-electron chi connectivity index (χ1n) is 10.5. The van der Waals surface area contributed by atoms with Gasteiger partial charge in [-0.3, -0.25) is 10.1 Å². The van der Waals surface area contributed by atoms with Gasteiger partial charge in [-0.1, -0.05) is 48.0 Å². The first-order valence-corrected chi connectivity index (χ1v) is 11.8. The normalized spacial score (nSPS) is 18.2. The molecule has 1 N–H and O–H groups in total. The molecule has 2 aliphatic rings. The SMILES string of the molecule is O=C(CNC(c1ccc(Cl)cc1)c1nccs1)N1CCC2(CC1)OCc1ccccc12. The first kappa shape index (κ1) is 20.6. The van der Waals surface area contributed by atoms with Crippen molar-refractivity contribution in [2.24, 2.45) is 0 Å². The van der Waals surface area contributed by atoms with Gasteiger partial charge in [-0.25, -0.2) is 4.98 Å². The van der Waals surface area contributed by atoms with E-state index in [0.29, 0.717) is 24.7 Å². The minimum Gasteiger partial charge on any atom is -0.365 e. The molecule has 1 amide bonds. The molecule has 0 saturated carbocycles. The summed E-state index contributed by atoms with van der Waals surface area (Å²) in [5, 5.41) is 6.99. The van der Waals surface area contributed by atoms with Crippen molar-refractivity contribution < 1.29 is 9.53 Å². The standard InChI is InChI=1S/C24H24ClN3O2S/c25-19-7-5-17(6-8-19)22(23-26-11-14-31-23)27-15-21(29)28-12-9-24(10-13-28)20-4-2-1-3-18(20)16-30-24/h1-8,11,14,22,27H,9-10,12-13,15-16H2. The Morgan fingerprint density at radius 3 is 2.71 bits per heavy atom. The predicted molar refractivity (Wildman–Crippen MR) is 122 cm³/mol. The van der Waals surface area contributed by atoms with Gasteiger partial charge in [0.05, 0.1) is 24.8 Å². The quantitative estimate of drug-likeness (QED) is 0.617. The lowest BCUT2D eigenvalue weighted by atomic mass is 9.84. The third kappa shape index (κ3) is 4.13. The Balaban J connectivity index is 1.23. The van der Waals surface area contributed by atoms with Crippen molar-refractivity contribution in [3.63, 3.8) is 0 Å². The van der Waals surface area contributed by atoms with Gasteiger partial charge in [-0.15, -0.1) is 11.3 Å². The number of benzene rings is 2. The molecule has 5 nitrogen and oxygen atoms in total. The van der Waals surface area contributed by atoms with Crippen LogP contribution in [0.15, 0.2) is 60.1 Å². The van der Waals surface area contributed by atoms with E-state index >= 15 is 0 Å². The Bertz CT molecular complexity index is 1050. The monoisotopic (exact) mass is 453 g/mol. The number of nitrogens with one attached hydrogen (secondary N) is 1. The van der Waals surface area contributed by atoms with Crippen LogP contribution >= 0.6 is 22.9 Å². The van der Waals surface area contributed by atoms with E-state index in [0.717, 1.165) is 23.4 Å². The fourth-order valence-corrected chi connectivity index (χ4v) is 5.46. The van der Waals surface area contributed by atoms with Crippen LogP contribution in [0.4, 0.5) is 0 Å². The number of hydrogen-bond acceptors (Lipinski definition) is 5. The molecule has 31 heavy (non-hydrogen) atoms. The summed E-state index contributed by atoms with van der Waals surface area (Å²) in [5.41, 5.74) is 3.39. The summed E-state index contributed by atoms with van der Waals surface area (Å²) in [5.74, 6) is 0.108. The van der Waals surface area contributed by atoms with Gasteiger partial charge in [-0.2, -0.15) is 0 Å². The molecule has 1 unspecified atom stereocenters. The average Bonchev–Trinajstić information content (AvgIpc) is 3.45. The second-order valence-corrected chi connectivity index (χ2v) is 9.42. The molecule has 5 rings (SSSR count). The van der Waals surface area contributed by atoms with Crippen LogP contribution in [-0.2, 0) is 21.7 Å². The van der Waals surface area contributed by atoms with Crippen molar-refractivity contribution >= 4 is 28.8 Å². The Morgan fingerprint density at radius 1 is 1.19 bits per heavy atom. The molecule has 160 valence electrons. The van der Waals surface area contributed by atoms with Crippen molar-refractivity contribution in [1.82, 2.24) is 15.2 Å². The second kappa shape index (κ2) is 8.71. The second-order valence-electron chi connectivity index (χ2n) is 8.06. The number of carbonyl (C=O) groups excluding carboxylic acids is 1. The van der Waals surface area contributed by atoms with E-state index in [1.54, 1.807) is 17.5 Å². The highest BCUT2D eigenvalue weighted by Gasteiger charge is 2.43. The topological polar surface area (TPSA) is 54.5 Å². The summed E-state index contributed by atoms with van der Waals surface area (Å²) in [7, 11) is 0. The first-order chi connectivity index (χ1) is 15.1. The highest BCUT2D eigenvalue weighted by molar-refractivity contribution is 7.09. The third-order valence-corrected chi connectivity index (χ3v) is 7.39. The summed E-state index contributed by atoms with van der Waals surface area (Å²) in [4.78, 5) is 19.4. The molecule has 3 aromatic rings. The van der Waals surface area contributed by atoms with Crippen LogP contribution in [0, 0.1) is 0 Å². The maximum atomic E-state index is 13.0. The van der Waals surface area contributed by atoms with Crippen molar-refractivity contribution in [2.75, 3.05) is 19.6 Å². The third-order valence-electron chi connectivity index (χ3n) is 6.30. The number of likely N-dealkylation sites (tertiary alicyclic amines) is 1. The van der Waals surface area contributed by atoms with Crippen LogP contribution in [0.2, 0.25) is 5.02 Å². The highest BCUT2D eigenvalue weighted by atomic mass is 35.5. The molecular weight excluding hydrogens is 430 g/mol. The summed E-state index contributed by atoms with van der Waals surface area (Å²) >= 11 is 7.62. The van der Waals surface area contributed by atoms with E-state index in [2.05, 4.69) is 34.6 Å². The van der Waals surface area contributed by atoms with E-state index in [1.165, 1.54) is 11.1 Å². The minimum absolute atomic E-state index is 0.108. The molecule has 1 spiro atoms. The largest absolute Gasteiger partial charge is 0.365 e. The van der Waals surface area contributed by atoms with Crippen LogP contribution in [0.1, 0.15) is 40.6 Å². The van der Waals surface area contributed by atoms with E-state index in [-0.39, 0.29) is 24.1 Å². The molecule has 1 atom stereocenters. The van der Waals surface area contributed by atoms with Crippen molar-refractivity contribution in [1.29, 1.82) is 0 Å². The summed E-state index contributed by atoms with van der Waals surface area (Å²) in [6, 6.07) is 16.0. The van der Waals surface area contributed by atoms with E-state index in [1.807, 2.05) is 34.5 Å². The van der Waals surface area contributed by atoms with E-state index in [4.69, 9.17) is 16.3 Å². The maximum absolute atomic E-state index is 13.0. The Kier molecular flexibility index (Phi) is 5.80. The number of piperidine rings is 1. The van der Waals surface area contributed by atoms with Gasteiger partial charge in [0.15, 0.2) is 0 Å². The van der Waals surface area contributed by atoms with E-state index < -0.39 is 0 Å². The maximum Gasteiger partial charge on any atom is 0.236 e. The molecule has 0 bridgehead atoms. The summed E-state index contributed by atoms with van der Waals surface area (Å²) in [6.45, 7) is 2.34. The summed E-state index contributed by atoms with van der Waals surface area (Å²) < 4.78 is 6.22. The molecule has 1 aromatic heterocycles. The van der Waals surface area contributed by atoms with Crippen LogP contribution in [0.5, 0.6) is 0 Å². The number of ether oxygens (including phenoxy) is 1. The lowest BCUT2D eigenvalue weighted by molar-refractivity contribution is -0.137. The fourth-order valence-electron chi connectivity index (χ4n) is 4.60. The number of thiazole rings is 1. The number of aromatic nitrogens is 1. The Morgan fingerprint density at radius 2 is 1.97 bits per heavy atom. The predicted octanol–water partition coefficient (Wildman–Crippen LogP) is 4.52. The van der Waals surface area contributed by atoms with Gasteiger partial charge >= 0.3 is 0 Å². The molecule has 2 aromatic carbocycles. The average molecular weight is 454 g/mol. The Labute approximate surface area is 191 Å². The highest BCUT2D eigenvalue weighted by Crippen LogP contribution is 2.43.